The highest BCUT2D eigenvalue weighted by molar-refractivity contribution is 6.14. The Labute approximate surface area is 83.1 Å². The van der Waals surface area contributed by atoms with Gasteiger partial charge in [-0.05, 0) is 30.7 Å². The van der Waals surface area contributed by atoms with Gasteiger partial charge in [0.15, 0.2) is 0 Å². The van der Waals surface area contributed by atoms with E-state index in [1.807, 2.05) is 25.1 Å². The van der Waals surface area contributed by atoms with Crippen LogP contribution in [0.4, 0.5) is 5.69 Å². The first-order chi connectivity index (χ1) is 6.77. The zero-order valence-corrected chi connectivity index (χ0v) is 8.24. The molecule has 0 aliphatic heterocycles. The molecule has 0 heterocycles. The average molecular weight is 191 g/mol. The van der Waals surface area contributed by atoms with Crippen molar-refractivity contribution in [1.82, 2.24) is 0 Å². The Kier molecular flexibility index (Phi) is 3.67. The molecule has 1 aromatic carbocycles. The molecule has 0 unspecified atom stereocenters. The van der Waals surface area contributed by atoms with E-state index in [4.69, 9.17) is 10.1 Å². The van der Waals surface area contributed by atoms with E-state index in [0.29, 0.717) is 0 Å². The third-order valence-corrected chi connectivity index (χ3v) is 1.77. The van der Waals surface area contributed by atoms with Crippen LogP contribution in [0.2, 0.25) is 0 Å². The number of hydrogen-bond donors (Lipinski definition) is 2. The molecule has 0 bridgehead atoms. The molecule has 0 radical (unpaired) electrons. The number of benzene rings is 1. The molecule has 1 aromatic rings. The minimum atomic E-state index is 0.823. The first kappa shape index (κ1) is 10.2. The molecule has 0 aromatic heterocycles. The van der Waals surface area contributed by atoms with Crippen LogP contribution in [0.1, 0.15) is 5.56 Å². The summed E-state index contributed by atoms with van der Waals surface area (Å²) in [6.45, 7) is 1.96. The van der Waals surface area contributed by atoms with Gasteiger partial charge in [-0.25, -0.2) is 0 Å². The van der Waals surface area contributed by atoms with E-state index in [1.54, 1.807) is 7.11 Å². The fraction of sp³-hybridized carbons (Fsp3) is 0.200. The molecule has 0 atom stereocenters. The van der Waals surface area contributed by atoms with Gasteiger partial charge >= 0.3 is 0 Å². The van der Waals surface area contributed by atoms with Crippen LogP contribution in [0.25, 0.3) is 0 Å². The number of anilines is 1. The molecule has 0 amide bonds. The van der Waals surface area contributed by atoms with Gasteiger partial charge in [0.05, 0.1) is 19.0 Å². The Hall–Kier alpha value is -1.84. The summed E-state index contributed by atoms with van der Waals surface area (Å²) in [4.78, 5) is 0. The van der Waals surface area contributed by atoms with Crippen molar-refractivity contribution in [1.29, 1.82) is 5.41 Å². The van der Waals surface area contributed by atoms with E-state index in [-0.39, 0.29) is 0 Å². The average Bonchev–Trinajstić information content (AvgIpc) is 2.20. The largest absolute Gasteiger partial charge is 0.497 e. The third-order valence-electron chi connectivity index (χ3n) is 1.77. The minimum absolute atomic E-state index is 0.823. The Morgan fingerprint density at radius 1 is 1.50 bits per heavy atom. The lowest BCUT2D eigenvalue weighted by Crippen LogP contribution is -1.93. The zero-order valence-electron chi connectivity index (χ0n) is 8.24. The summed E-state index contributed by atoms with van der Waals surface area (Å²) in [7, 11) is 1.63. The van der Waals surface area contributed by atoms with E-state index in [0.717, 1.165) is 23.2 Å². The summed E-state index contributed by atoms with van der Waals surface area (Å²) in [5.74, 6) is 0.823. The summed E-state index contributed by atoms with van der Waals surface area (Å²) < 4.78 is 5.07. The topological polar surface area (TPSA) is 57.5 Å². The van der Waals surface area contributed by atoms with Crippen LogP contribution < -0.4 is 10.2 Å². The van der Waals surface area contributed by atoms with Crippen molar-refractivity contribution in [2.24, 2.45) is 5.10 Å². The lowest BCUT2D eigenvalue weighted by atomic mass is 10.2. The van der Waals surface area contributed by atoms with E-state index < -0.39 is 0 Å². The van der Waals surface area contributed by atoms with Crippen LogP contribution in [0.5, 0.6) is 5.75 Å². The van der Waals surface area contributed by atoms with Crippen molar-refractivity contribution in [2.45, 2.75) is 6.92 Å². The Bertz CT molecular complexity index is 347. The zero-order chi connectivity index (χ0) is 10.4. The molecule has 0 fully saturated rings. The van der Waals surface area contributed by atoms with Gasteiger partial charge in [0.25, 0.3) is 0 Å². The van der Waals surface area contributed by atoms with Crippen LogP contribution in [0, 0.1) is 12.3 Å². The summed E-state index contributed by atoms with van der Waals surface area (Å²) in [5, 5.41) is 10.6. The molecule has 4 heteroatoms. The Balaban J connectivity index is 2.78. The van der Waals surface area contributed by atoms with Crippen LogP contribution in [-0.4, -0.2) is 19.5 Å². The summed E-state index contributed by atoms with van der Waals surface area (Å²) >= 11 is 0. The molecule has 0 saturated heterocycles. The van der Waals surface area contributed by atoms with Gasteiger partial charge in [0, 0.05) is 6.21 Å². The van der Waals surface area contributed by atoms with E-state index in [9.17, 15) is 0 Å². The molecule has 0 aliphatic carbocycles. The summed E-state index contributed by atoms with van der Waals surface area (Å²) in [5.41, 5.74) is 4.78. The van der Waals surface area contributed by atoms with Crippen molar-refractivity contribution in [3.8, 4) is 5.75 Å². The number of methoxy groups -OCH3 is 1. The molecule has 14 heavy (non-hydrogen) atoms. The number of hydrogen-bond acceptors (Lipinski definition) is 4. The maximum atomic E-state index is 6.75. The third kappa shape index (κ3) is 2.58. The second-order valence-electron chi connectivity index (χ2n) is 2.74. The van der Waals surface area contributed by atoms with E-state index in [2.05, 4.69) is 10.5 Å². The molecule has 0 spiro atoms. The molecule has 0 aliphatic rings. The maximum Gasteiger partial charge on any atom is 0.119 e. The number of nitrogens with one attached hydrogen (secondary N) is 2. The standard InChI is InChI=1S/C10H13N3O/c1-8-7-9(14-2)3-4-10(8)13-12-6-5-11/h3-7,11,13H,1-2H3/b11-5?,12-6-. The highest BCUT2D eigenvalue weighted by Gasteiger charge is 1.97. The molecular weight excluding hydrogens is 178 g/mol. The minimum Gasteiger partial charge on any atom is -0.497 e. The molecule has 4 nitrogen and oxygen atoms in total. The SMILES string of the molecule is COc1ccc(N/N=C\C=N)c(C)c1. The fourth-order valence-electron chi connectivity index (χ4n) is 1.03. The van der Waals surface area contributed by atoms with Gasteiger partial charge in [0.2, 0.25) is 0 Å². The number of ether oxygens (including phenoxy) is 1. The van der Waals surface area contributed by atoms with Crippen molar-refractivity contribution >= 4 is 18.1 Å². The molecule has 1 rings (SSSR count). The quantitative estimate of drug-likeness (QED) is 0.565. The van der Waals surface area contributed by atoms with Gasteiger partial charge < -0.3 is 10.1 Å². The molecule has 0 saturated carbocycles. The predicted molar refractivity (Wildman–Crippen MR) is 58.6 cm³/mol. The van der Waals surface area contributed by atoms with Gasteiger partial charge in [-0.15, -0.1) is 0 Å². The molecular formula is C10H13N3O. The van der Waals surface area contributed by atoms with Crippen LogP contribution >= 0.6 is 0 Å². The van der Waals surface area contributed by atoms with Crippen molar-refractivity contribution in [3.63, 3.8) is 0 Å². The van der Waals surface area contributed by atoms with Crippen molar-refractivity contribution in [2.75, 3.05) is 12.5 Å². The number of nitrogens with zero attached hydrogens (tertiary/aromatic N) is 1. The smallest absolute Gasteiger partial charge is 0.119 e. The lowest BCUT2D eigenvalue weighted by molar-refractivity contribution is 0.414. The van der Waals surface area contributed by atoms with E-state index >= 15 is 0 Å². The maximum absolute atomic E-state index is 6.75. The van der Waals surface area contributed by atoms with Gasteiger partial charge in [0.1, 0.15) is 5.75 Å². The Morgan fingerprint density at radius 3 is 2.86 bits per heavy atom. The first-order valence-corrected chi connectivity index (χ1v) is 4.20. The molecule has 2 N–H and O–H groups in total. The van der Waals surface area contributed by atoms with Gasteiger partial charge in [-0.1, -0.05) is 0 Å². The highest BCUT2D eigenvalue weighted by atomic mass is 16.5. The number of hydrazone groups is 1. The Morgan fingerprint density at radius 2 is 2.29 bits per heavy atom. The highest BCUT2D eigenvalue weighted by Crippen LogP contribution is 2.20. The lowest BCUT2D eigenvalue weighted by Gasteiger charge is -2.06. The second-order valence-corrected chi connectivity index (χ2v) is 2.74. The number of rotatable bonds is 4. The first-order valence-electron chi connectivity index (χ1n) is 4.20. The van der Waals surface area contributed by atoms with Crippen LogP contribution in [-0.2, 0) is 0 Å². The monoisotopic (exact) mass is 191 g/mol. The van der Waals surface area contributed by atoms with Crippen molar-refractivity contribution < 1.29 is 4.74 Å². The van der Waals surface area contributed by atoms with Gasteiger partial charge in [-0.2, -0.15) is 5.10 Å². The van der Waals surface area contributed by atoms with E-state index in [1.165, 1.54) is 6.21 Å². The van der Waals surface area contributed by atoms with Crippen molar-refractivity contribution in [3.05, 3.63) is 23.8 Å². The fourth-order valence-corrected chi connectivity index (χ4v) is 1.03. The van der Waals surface area contributed by atoms with Crippen LogP contribution in [0.3, 0.4) is 0 Å². The van der Waals surface area contributed by atoms with Crippen LogP contribution in [0.15, 0.2) is 23.3 Å². The summed E-state index contributed by atoms with van der Waals surface area (Å²) in [6, 6.07) is 5.66. The number of aryl methyl sites for hydroxylation is 1. The van der Waals surface area contributed by atoms with Gasteiger partial charge in [-0.3, -0.25) is 5.43 Å². The summed E-state index contributed by atoms with van der Waals surface area (Å²) in [6.07, 6.45) is 2.50. The normalized spacial score (nSPS) is 10.1. The molecule has 74 valence electrons. The second kappa shape index (κ2) is 5.01. The predicted octanol–water partition coefficient (Wildman–Crippen LogP) is 2.05.